The molecule has 0 saturated carbocycles. The monoisotopic (exact) mass is 136 g/mol. The van der Waals surface area contributed by atoms with Gasteiger partial charge >= 0.3 is 0 Å². The standard InChI is InChI=1S/C5H12O4/c1-8-4(6)3-5(7)9-2/h4-7H,3H2,1-2H3. The first-order chi connectivity index (χ1) is 4.20. The van der Waals surface area contributed by atoms with Crippen LogP contribution in [0, 0.1) is 0 Å². The van der Waals surface area contributed by atoms with Crippen molar-refractivity contribution >= 4 is 0 Å². The van der Waals surface area contributed by atoms with Gasteiger partial charge in [0.2, 0.25) is 0 Å². The van der Waals surface area contributed by atoms with Gasteiger partial charge in [-0.3, -0.25) is 0 Å². The Bertz CT molecular complexity index is 58.0. The number of hydrogen-bond donors (Lipinski definition) is 2. The van der Waals surface area contributed by atoms with Crippen LogP contribution < -0.4 is 0 Å². The molecule has 0 aromatic carbocycles. The molecule has 0 fully saturated rings. The molecule has 4 heteroatoms. The van der Waals surface area contributed by atoms with E-state index in [1.165, 1.54) is 14.2 Å². The summed E-state index contributed by atoms with van der Waals surface area (Å²) in [6, 6.07) is 0. The van der Waals surface area contributed by atoms with Gasteiger partial charge < -0.3 is 19.7 Å². The van der Waals surface area contributed by atoms with E-state index in [2.05, 4.69) is 9.47 Å². The van der Waals surface area contributed by atoms with E-state index < -0.39 is 12.6 Å². The Morgan fingerprint density at radius 3 is 1.67 bits per heavy atom. The van der Waals surface area contributed by atoms with Crippen molar-refractivity contribution in [3.05, 3.63) is 0 Å². The van der Waals surface area contributed by atoms with Crippen molar-refractivity contribution in [2.75, 3.05) is 14.2 Å². The number of aliphatic hydroxyl groups excluding tert-OH is 2. The van der Waals surface area contributed by atoms with Crippen molar-refractivity contribution in [1.82, 2.24) is 0 Å². The average Bonchev–Trinajstić information content (AvgIpc) is 1.87. The highest BCUT2D eigenvalue weighted by Crippen LogP contribution is 1.97. The summed E-state index contributed by atoms with van der Waals surface area (Å²) >= 11 is 0. The lowest BCUT2D eigenvalue weighted by Gasteiger charge is -2.11. The van der Waals surface area contributed by atoms with Crippen LogP contribution in [0.5, 0.6) is 0 Å². The molecular formula is C5H12O4. The van der Waals surface area contributed by atoms with Gasteiger partial charge in [0.1, 0.15) is 0 Å². The van der Waals surface area contributed by atoms with E-state index in [0.29, 0.717) is 0 Å². The predicted octanol–water partition coefficient (Wildman–Crippen LogP) is -0.694. The molecule has 4 nitrogen and oxygen atoms in total. The van der Waals surface area contributed by atoms with Gasteiger partial charge in [0.05, 0.1) is 0 Å². The van der Waals surface area contributed by atoms with Gasteiger partial charge in [-0.1, -0.05) is 0 Å². The Labute approximate surface area is 54.0 Å². The van der Waals surface area contributed by atoms with Crippen molar-refractivity contribution in [2.45, 2.75) is 19.0 Å². The summed E-state index contributed by atoms with van der Waals surface area (Å²) in [5, 5.41) is 17.4. The average molecular weight is 136 g/mol. The fourth-order valence-corrected chi connectivity index (χ4v) is 0.365. The zero-order valence-corrected chi connectivity index (χ0v) is 5.57. The molecule has 0 aliphatic carbocycles. The number of ether oxygens (including phenoxy) is 2. The van der Waals surface area contributed by atoms with Gasteiger partial charge in [0.15, 0.2) is 12.6 Å². The maximum absolute atomic E-state index is 8.70. The van der Waals surface area contributed by atoms with E-state index in [4.69, 9.17) is 10.2 Å². The van der Waals surface area contributed by atoms with Crippen molar-refractivity contribution in [3.63, 3.8) is 0 Å². The van der Waals surface area contributed by atoms with Crippen LogP contribution in [0.3, 0.4) is 0 Å². The van der Waals surface area contributed by atoms with Crippen LogP contribution in [-0.2, 0) is 9.47 Å². The second kappa shape index (κ2) is 4.69. The Kier molecular flexibility index (Phi) is 4.61. The molecule has 2 unspecified atom stereocenters. The molecular weight excluding hydrogens is 124 g/mol. The molecule has 0 radical (unpaired) electrons. The Balaban J connectivity index is 3.22. The molecule has 0 bridgehead atoms. The van der Waals surface area contributed by atoms with Crippen LogP contribution in [-0.4, -0.2) is 37.0 Å². The van der Waals surface area contributed by atoms with Crippen molar-refractivity contribution < 1.29 is 19.7 Å². The smallest absolute Gasteiger partial charge is 0.158 e. The van der Waals surface area contributed by atoms with Crippen molar-refractivity contribution in [3.8, 4) is 0 Å². The molecule has 0 heterocycles. The van der Waals surface area contributed by atoms with Gasteiger partial charge in [-0.15, -0.1) is 0 Å². The van der Waals surface area contributed by atoms with Gasteiger partial charge in [-0.2, -0.15) is 0 Å². The van der Waals surface area contributed by atoms with Gasteiger partial charge in [0.25, 0.3) is 0 Å². The predicted molar refractivity (Wildman–Crippen MR) is 30.6 cm³/mol. The van der Waals surface area contributed by atoms with Crippen LogP contribution in [0.15, 0.2) is 0 Å². The maximum atomic E-state index is 8.70. The Hall–Kier alpha value is -0.160. The summed E-state index contributed by atoms with van der Waals surface area (Å²) in [6.45, 7) is 0. The zero-order valence-electron chi connectivity index (χ0n) is 5.57. The minimum Gasteiger partial charge on any atom is -0.368 e. The lowest BCUT2D eigenvalue weighted by molar-refractivity contribution is -0.155. The van der Waals surface area contributed by atoms with Crippen LogP contribution in [0.25, 0.3) is 0 Å². The largest absolute Gasteiger partial charge is 0.368 e. The van der Waals surface area contributed by atoms with E-state index in [1.807, 2.05) is 0 Å². The molecule has 9 heavy (non-hydrogen) atoms. The minimum absolute atomic E-state index is 0.0764. The number of methoxy groups -OCH3 is 2. The van der Waals surface area contributed by atoms with Crippen molar-refractivity contribution in [1.29, 1.82) is 0 Å². The third kappa shape index (κ3) is 4.35. The highest BCUT2D eigenvalue weighted by molar-refractivity contribution is 4.42. The fraction of sp³-hybridized carbons (Fsp3) is 1.00. The number of aliphatic hydroxyl groups is 2. The van der Waals surface area contributed by atoms with E-state index in [0.717, 1.165) is 0 Å². The maximum Gasteiger partial charge on any atom is 0.158 e. The Morgan fingerprint density at radius 2 is 1.44 bits per heavy atom. The third-order valence-electron chi connectivity index (χ3n) is 0.947. The van der Waals surface area contributed by atoms with E-state index >= 15 is 0 Å². The quantitative estimate of drug-likeness (QED) is 0.502. The summed E-state index contributed by atoms with van der Waals surface area (Å²) in [5.41, 5.74) is 0. The highest BCUT2D eigenvalue weighted by atomic mass is 16.6. The van der Waals surface area contributed by atoms with Crippen LogP contribution in [0.4, 0.5) is 0 Å². The summed E-state index contributed by atoms with van der Waals surface area (Å²) in [4.78, 5) is 0. The minimum atomic E-state index is -0.944. The Morgan fingerprint density at radius 1 is 1.11 bits per heavy atom. The molecule has 0 aromatic rings. The summed E-state index contributed by atoms with van der Waals surface area (Å²) in [6.07, 6.45) is -1.81. The number of rotatable bonds is 4. The van der Waals surface area contributed by atoms with Gasteiger partial charge in [-0.05, 0) is 0 Å². The topological polar surface area (TPSA) is 58.9 Å². The third-order valence-corrected chi connectivity index (χ3v) is 0.947. The van der Waals surface area contributed by atoms with Crippen LogP contribution >= 0.6 is 0 Å². The molecule has 0 spiro atoms. The second-order valence-corrected chi connectivity index (χ2v) is 1.62. The number of hydrogen-bond acceptors (Lipinski definition) is 4. The SMILES string of the molecule is COC(O)CC(O)OC. The van der Waals surface area contributed by atoms with Crippen molar-refractivity contribution in [2.24, 2.45) is 0 Å². The molecule has 0 amide bonds. The zero-order chi connectivity index (χ0) is 7.28. The molecule has 56 valence electrons. The lowest BCUT2D eigenvalue weighted by atomic mass is 10.4. The van der Waals surface area contributed by atoms with Gasteiger partial charge in [-0.25, -0.2) is 0 Å². The summed E-state index contributed by atoms with van der Waals surface area (Å²) < 4.78 is 8.88. The second-order valence-electron chi connectivity index (χ2n) is 1.62. The summed E-state index contributed by atoms with van der Waals surface area (Å²) in [7, 11) is 2.71. The molecule has 2 N–H and O–H groups in total. The van der Waals surface area contributed by atoms with E-state index in [1.54, 1.807) is 0 Å². The van der Waals surface area contributed by atoms with E-state index in [9.17, 15) is 0 Å². The van der Waals surface area contributed by atoms with E-state index in [-0.39, 0.29) is 6.42 Å². The fourth-order valence-electron chi connectivity index (χ4n) is 0.365. The molecule has 2 atom stereocenters. The molecule has 0 saturated heterocycles. The lowest BCUT2D eigenvalue weighted by Crippen LogP contribution is -2.20. The molecule has 0 aliphatic heterocycles. The first-order valence-electron chi connectivity index (χ1n) is 2.62. The molecule has 0 aromatic heterocycles. The molecule has 0 rings (SSSR count). The summed E-state index contributed by atoms with van der Waals surface area (Å²) in [5.74, 6) is 0. The van der Waals surface area contributed by atoms with Gasteiger partial charge in [0, 0.05) is 20.6 Å². The molecule has 0 aliphatic rings. The highest BCUT2D eigenvalue weighted by Gasteiger charge is 2.08. The normalized spacial score (nSPS) is 17.3. The van der Waals surface area contributed by atoms with Crippen LogP contribution in [0.1, 0.15) is 6.42 Å². The van der Waals surface area contributed by atoms with Crippen LogP contribution in [0.2, 0.25) is 0 Å². The first kappa shape index (κ1) is 8.84. The first-order valence-corrected chi connectivity index (χ1v) is 2.62.